The fourth-order valence-electron chi connectivity index (χ4n) is 3.14. The summed E-state index contributed by atoms with van der Waals surface area (Å²) in [4.78, 5) is 25.8. The van der Waals surface area contributed by atoms with Crippen LogP contribution in [0.4, 0.5) is 0 Å². The lowest BCUT2D eigenvalue weighted by Crippen LogP contribution is -2.37. The van der Waals surface area contributed by atoms with E-state index >= 15 is 0 Å². The minimum atomic E-state index is -0.837. The lowest BCUT2D eigenvalue weighted by atomic mass is 9.91. The third kappa shape index (κ3) is 5.51. The maximum absolute atomic E-state index is 12.8. The molecule has 0 aromatic heterocycles. The topological polar surface area (TPSA) is 77.8 Å². The van der Waals surface area contributed by atoms with Crippen molar-refractivity contribution in [3.63, 3.8) is 0 Å². The molecule has 0 bridgehead atoms. The molecular formula is C21H29NO4S. The van der Waals surface area contributed by atoms with Crippen LogP contribution >= 0.6 is 11.8 Å². The third-order valence-corrected chi connectivity index (χ3v) is 5.66. The molecule has 1 aromatic rings. The van der Waals surface area contributed by atoms with E-state index in [0.717, 1.165) is 22.4 Å². The van der Waals surface area contributed by atoms with Gasteiger partial charge < -0.3 is 15.1 Å². The molecule has 1 aliphatic heterocycles. The van der Waals surface area contributed by atoms with Gasteiger partial charge in [0.1, 0.15) is 5.75 Å². The molecule has 6 heteroatoms. The standard InChI is InChI=1S/C21H29NO4S/c1-13(2)16-10-15(11-17(14(3)4)20(16)25)12-18-21(26)22(8-9-27-18)7-5-6-19(23)24/h10-14,25H,5-9H2,1-4H3,(H,23,24)/b18-12+. The molecule has 27 heavy (non-hydrogen) atoms. The molecular weight excluding hydrogens is 362 g/mol. The number of phenols is 1. The Hall–Kier alpha value is -1.95. The molecule has 1 amide bonds. The maximum Gasteiger partial charge on any atom is 0.303 e. The molecule has 1 aliphatic rings. The zero-order valence-corrected chi connectivity index (χ0v) is 17.3. The van der Waals surface area contributed by atoms with E-state index in [4.69, 9.17) is 5.11 Å². The zero-order chi connectivity index (χ0) is 20.1. The lowest BCUT2D eigenvalue weighted by Gasteiger charge is -2.28. The predicted octanol–water partition coefficient (Wildman–Crippen LogP) is 4.42. The molecule has 2 rings (SSSR count). The van der Waals surface area contributed by atoms with Gasteiger partial charge in [-0.05, 0) is 53.2 Å². The predicted molar refractivity (Wildman–Crippen MR) is 110 cm³/mol. The molecule has 0 atom stereocenters. The number of amides is 1. The number of carbonyl (C=O) groups excluding carboxylic acids is 1. The lowest BCUT2D eigenvalue weighted by molar-refractivity contribution is -0.137. The van der Waals surface area contributed by atoms with Gasteiger partial charge in [0.05, 0.1) is 4.91 Å². The van der Waals surface area contributed by atoms with Crippen molar-refractivity contribution < 1.29 is 19.8 Å². The molecule has 1 saturated heterocycles. The highest BCUT2D eigenvalue weighted by Crippen LogP contribution is 2.36. The van der Waals surface area contributed by atoms with E-state index in [1.165, 1.54) is 11.8 Å². The van der Waals surface area contributed by atoms with Gasteiger partial charge in [-0.3, -0.25) is 9.59 Å². The van der Waals surface area contributed by atoms with Gasteiger partial charge in [0.2, 0.25) is 0 Å². The highest BCUT2D eigenvalue weighted by Gasteiger charge is 2.24. The van der Waals surface area contributed by atoms with E-state index in [1.54, 1.807) is 4.90 Å². The normalized spacial score (nSPS) is 16.6. The molecule has 148 valence electrons. The minimum absolute atomic E-state index is 0.0399. The van der Waals surface area contributed by atoms with Crippen molar-refractivity contribution in [3.8, 4) is 5.75 Å². The Morgan fingerprint density at radius 1 is 1.22 bits per heavy atom. The van der Waals surface area contributed by atoms with Crippen LogP contribution < -0.4 is 0 Å². The number of carbonyl (C=O) groups is 2. The molecule has 0 radical (unpaired) electrons. The average molecular weight is 392 g/mol. The third-order valence-electron chi connectivity index (χ3n) is 4.67. The monoisotopic (exact) mass is 391 g/mol. The van der Waals surface area contributed by atoms with Crippen LogP contribution in [0.25, 0.3) is 6.08 Å². The SMILES string of the molecule is CC(C)c1cc(/C=C2/SCCN(CCCC(=O)O)C2=O)cc(C(C)C)c1O. The fourth-order valence-corrected chi connectivity index (χ4v) is 4.15. The van der Waals surface area contributed by atoms with Crippen molar-refractivity contribution in [2.45, 2.75) is 52.4 Å². The van der Waals surface area contributed by atoms with Gasteiger partial charge in [-0.25, -0.2) is 0 Å². The van der Waals surface area contributed by atoms with Gasteiger partial charge >= 0.3 is 5.97 Å². The number of aliphatic carboxylic acids is 1. The largest absolute Gasteiger partial charge is 0.507 e. The Kier molecular flexibility index (Phi) is 7.36. The van der Waals surface area contributed by atoms with E-state index in [2.05, 4.69) is 0 Å². The van der Waals surface area contributed by atoms with Crippen molar-refractivity contribution in [2.24, 2.45) is 0 Å². The molecule has 0 aliphatic carbocycles. The number of carboxylic acids is 1. The van der Waals surface area contributed by atoms with Crippen molar-refractivity contribution in [1.29, 1.82) is 0 Å². The number of hydrogen-bond donors (Lipinski definition) is 2. The molecule has 0 unspecified atom stereocenters. The van der Waals surface area contributed by atoms with Crippen molar-refractivity contribution in [3.05, 3.63) is 33.7 Å². The summed E-state index contributed by atoms with van der Waals surface area (Å²) in [5.41, 5.74) is 2.70. The van der Waals surface area contributed by atoms with E-state index in [0.29, 0.717) is 30.2 Å². The summed E-state index contributed by atoms with van der Waals surface area (Å²) in [7, 11) is 0. The van der Waals surface area contributed by atoms with E-state index in [9.17, 15) is 14.7 Å². The molecule has 1 fully saturated rings. The number of rotatable bonds is 7. The van der Waals surface area contributed by atoms with Crippen molar-refractivity contribution in [2.75, 3.05) is 18.8 Å². The van der Waals surface area contributed by atoms with Gasteiger partial charge in [-0.1, -0.05) is 27.7 Å². The number of carboxylic acid groups (broad SMARTS) is 1. The summed E-state index contributed by atoms with van der Waals surface area (Å²) in [5.74, 6) is 0.640. The van der Waals surface area contributed by atoms with Gasteiger partial charge in [0.25, 0.3) is 5.91 Å². The summed E-state index contributed by atoms with van der Waals surface area (Å²) in [6, 6.07) is 3.91. The molecule has 1 aromatic carbocycles. The summed E-state index contributed by atoms with van der Waals surface area (Å²) < 4.78 is 0. The molecule has 0 spiro atoms. The van der Waals surface area contributed by atoms with Gasteiger partial charge in [-0.15, -0.1) is 11.8 Å². The number of thioether (sulfide) groups is 1. The van der Waals surface area contributed by atoms with E-state index in [1.807, 2.05) is 45.9 Å². The highest BCUT2D eigenvalue weighted by atomic mass is 32.2. The average Bonchev–Trinajstić information content (AvgIpc) is 2.58. The summed E-state index contributed by atoms with van der Waals surface area (Å²) in [6.45, 7) is 9.28. The van der Waals surface area contributed by atoms with Crippen LogP contribution in [0, 0.1) is 0 Å². The van der Waals surface area contributed by atoms with Crippen LogP contribution in [0.15, 0.2) is 17.0 Å². The fraction of sp³-hybridized carbons (Fsp3) is 0.524. The van der Waals surface area contributed by atoms with Crippen LogP contribution in [0.2, 0.25) is 0 Å². The first kappa shape index (κ1) is 21.4. The molecule has 2 N–H and O–H groups in total. The Morgan fingerprint density at radius 3 is 2.33 bits per heavy atom. The van der Waals surface area contributed by atoms with Crippen LogP contribution in [-0.4, -0.2) is 45.8 Å². The number of phenolic OH excluding ortho intramolecular Hbond substituents is 1. The van der Waals surface area contributed by atoms with Crippen LogP contribution in [0.5, 0.6) is 5.75 Å². The van der Waals surface area contributed by atoms with Gasteiger partial charge in [0.15, 0.2) is 0 Å². The van der Waals surface area contributed by atoms with Gasteiger partial charge in [0, 0.05) is 25.3 Å². The van der Waals surface area contributed by atoms with Crippen LogP contribution in [0.1, 0.15) is 69.1 Å². The van der Waals surface area contributed by atoms with Crippen LogP contribution in [0.3, 0.4) is 0 Å². The van der Waals surface area contributed by atoms with Crippen molar-refractivity contribution >= 4 is 29.7 Å². The smallest absolute Gasteiger partial charge is 0.303 e. The van der Waals surface area contributed by atoms with Gasteiger partial charge in [-0.2, -0.15) is 0 Å². The maximum atomic E-state index is 12.8. The first-order valence-electron chi connectivity index (χ1n) is 9.43. The second kappa shape index (κ2) is 9.31. The number of aromatic hydroxyl groups is 1. The molecule has 0 saturated carbocycles. The first-order chi connectivity index (χ1) is 12.7. The summed E-state index contributed by atoms with van der Waals surface area (Å²) in [6.07, 6.45) is 2.43. The second-order valence-electron chi connectivity index (χ2n) is 7.50. The van der Waals surface area contributed by atoms with Crippen LogP contribution in [-0.2, 0) is 9.59 Å². The summed E-state index contributed by atoms with van der Waals surface area (Å²) in [5, 5.41) is 19.3. The quantitative estimate of drug-likeness (QED) is 0.673. The Labute approximate surface area is 165 Å². The number of hydrogen-bond acceptors (Lipinski definition) is 4. The Morgan fingerprint density at radius 2 is 1.81 bits per heavy atom. The van der Waals surface area contributed by atoms with Crippen molar-refractivity contribution in [1.82, 2.24) is 4.90 Å². The number of benzene rings is 1. The number of nitrogens with zero attached hydrogens (tertiary/aromatic N) is 1. The molecule has 1 heterocycles. The highest BCUT2D eigenvalue weighted by molar-refractivity contribution is 8.04. The molecule has 5 nitrogen and oxygen atoms in total. The first-order valence-corrected chi connectivity index (χ1v) is 10.4. The summed E-state index contributed by atoms with van der Waals surface area (Å²) >= 11 is 1.53. The Bertz CT molecular complexity index is 711. The minimum Gasteiger partial charge on any atom is -0.507 e. The van der Waals surface area contributed by atoms with E-state index in [-0.39, 0.29) is 24.2 Å². The Balaban J connectivity index is 2.28. The second-order valence-corrected chi connectivity index (χ2v) is 8.64. The zero-order valence-electron chi connectivity index (χ0n) is 16.5. The van der Waals surface area contributed by atoms with E-state index < -0.39 is 5.97 Å².